The molecule has 2 rings (SSSR count). The molecule has 0 aromatic carbocycles. The van der Waals surface area contributed by atoms with Crippen LogP contribution in [0.3, 0.4) is 0 Å². The molecule has 1 saturated carbocycles. The van der Waals surface area contributed by atoms with E-state index in [4.69, 9.17) is 17.3 Å². The standard InChI is InChI=1S/C14H22ClN3/c1-2-18(11-6-4-3-5-7-11)10-13-12(15)8-9-14(16)17-13/h8-9,11H,2-7,10H2,1H3,(H2,16,17). The molecule has 0 radical (unpaired) electrons. The van der Waals surface area contributed by atoms with Gasteiger partial charge in [-0.25, -0.2) is 4.98 Å². The second-order valence-electron chi connectivity index (χ2n) is 5.02. The Balaban J connectivity index is 2.06. The zero-order valence-electron chi connectivity index (χ0n) is 11.0. The Bertz CT molecular complexity index is 389. The smallest absolute Gasteiger partial charge is 0.123 e. The highest BCUT2D eigenvalue weighted by molar-refractivity contribution is 6.31. The number of nitrogens with zero attached hydrogens (tertiary/aromatic N) is 2. The van der Waals surface area contributed by atoms with E-state index in [2.05, 4.69) is 16.8 Å². The fraction of sp³-hybridized carbons (Fsp3) is 0.643. The molecule has 1 aromatic heterocycles. The number of halogens is 1. The van der Waals surface area contributed by atoms with Crippen molar-refractivity contribution in [1.29, 1.82) is 0 Å². The van der Waals surface area contributed by atoms with E-state index in [9.17, 15) is 0 Å². The molecule has 0 atom stereocenters. The Morgan fingerprint density at radius 2 is 2.06 bits per heavy atom. The summed E-state index contributed by atoms with van der Waals surface area (Å²) in [5.41, 5.74) is 6.64. The van der Waals surface area contributed by atoms with Gasteiger partial charge in [0.05, 0.1) is 10.7 Å². The Hall–Kier alpha value is -0.800. The summed E-state index contributed by atoms with van der Waals surface area (Å²) >= 11 is 6.19. The van der Waals surface area contributed by atoms with Crippen molar-refractivity contribution < 1.29 is 0 Å². The molecule has 1 aliphatic rings. The lowest BCUT2D eigenvalue weighted by molar-refractivity contribution is 0.154. The van der Waals surface area contributed by atoms with Gasteiger partial charge in [-0.05, 0) is 31.5 Å². The zero-order chi connectivity index (χ0) is 13.0. The number of nitrogens with two attached hydrogens (primary N) is 1. The van der Waals surface area contributed by atoms with Gasteiger partial charge in [0.1, 0.15) is 5.82 Å². The summed E-state index contributed by atoms with van der Waals surface area (Å²) in [6, 6.07) is 4.28. The summed E-state index contributed by atoms with van der Waals surface area (Å²) < 4.78 is 0. The van der Waals surface area contributed by atoms with Crippen molar-refractivity contribution in [3.63, 3.8) is 0 Å². The molecule has 1 heterocycles. The van der Waals surface area contributed by atoms with Crippen LogP contribution >= 0.6 is 11.6 Å². The Morgan fingerprint density at radius 1 is 1.33 bits per heavy atom. The van der Waals surface area contributed by atoms with Crippen LogP contribution in [0.2, 0.25) is 5.02 Å². The van der Waals surface area contributed by atoms with Crippen LogP contribution in [0.25, 0.3) is 0 Å². The summed E-state index contributed by atoms with van der Waals surface area (Å²) in [7, 11) is 0. The number of hydrogen-bond acceptors (Lipinski definition) is 3. The van der Waals surface area contributed by atoms with Gasteiger partial charge in [0, 0.05) is 12.6 Å². The summed E-state index contributed by atoms with van der Waals surface area (Å²) in [4.78, 5) is 6.84. The van der Waals surface area contributed by atoms with Crippen molar-refractivity contribution in [2.75, 3.05) is 12.3 Å². The Morgan fingerprint density at radius 3 is 2.72 bits per heavy atom. The first kappa shape index (κ1) is 13.6. The molecule has 1 aromatic rings. The van der Waals surface area contributed by atoms with Gasteiger partial charge in [0.25, 0.3) is 0 Å². The van der Waals surface area contributed by atoms with Crippen LogP contribution in [0.15, 0.2) is 12.1 Å². The van der Waals surface area contributed by atoms with Gasteiger partial charge in [0.15, 0.2) is 0 Å². The van der Waals surface area contributed by atoms with E-state index < -0.39 is 0 Å². The number of anilines is 1. The third-order valence-electron chi connectivity index (χ3n) is 3.79. The molecule has 3 nitrogen and oxygen atoms in total. The molecule has 1 fully saturated rings. The number of nitrogen functional groups attached to an aromatic ring is 1. The van der Waals surface area contributed by atoms with Crippen LogP contribution in [0.1, 0.15) is 44.7 Å². The Kier molecular flexibility index (Phi) is 4.84. The van der Waals surface area contributed by atoms with Crippen LogP contribution in [0.5, 0.6) is 0 Å². The molecule has 100 valence electrons. The fourth-order valence-electron chi connectivity index (χ4n) is 2.75. The van der Waals surface area contributed by atoms with E-state index in [1.165, 1.54) is 32.1 Å². The van der Waals surface area contributed by atoms with E-state index >= 15 is 0 Å². The summed E-state index contributed by atoms with van der Waals surface area (Å²) in [5, 5.41) is 0.721. The van der Waals surface area contributed by atoms with Gasteiger partial charge in [-0.3, -0.25) is 4.90 Å². The van der Waals surface area contributed by atoms with E-state index in [1.54, 1.807) is 6.07 Å². The predicted octanol–water partition coefficient (Wildman–Crippen LogP) is 3.47. The second kappa shape index (κ2) is 6.39. The van der Waals surface area contributed by atoms with Gasteiger partial charge in [-0.2, -0.15) is 0 Å². The maximum absolute atomic E-state index is 6.19. The van der Waals surface area contributed by atoms with Gasteiger partial charge < -0.3 is 5.73 Å². The third kappa shape index (κ3) is 3.36. The number of pyridine rings is 1. The van der Waals surface area contributed by atoms with Gasteiger partial charge >= 0.3 is 0 Å². The number of hydrogen-bond donors (Lipinski definition) is 1. The molecule has 0 aliphatic heterocycles. The van der Waals surface area contributed by atoms with Crippen LogP contribution in [-0.4, -0.2) is 22.5 Å². The van der Waals surface area contributed by atoms with Crippen molar-refractivity contribution in [2.24, 2.45) is 0 Å². The highest BCUT2D eigenvalue weighted by Crippen LogP contribution is 2.25. The molecule has 18 heavy (non-hydrogen) atoms. The number of aromatic nitrogens is 1. The molecular formula is C14H22ClN3. The lowest BCUT2D eigenvalue weighted by Crippen LogP contribution is -2.36. The molecule has 0 bridgehead atoms. The summed E-state index contributed by atoms with van der Waals surface area (Å²) in [6.45, 7) is 4.05. The first-order valence-electron chi connectivity index (χ1n) is 6.85. The largest absolute Gasteiger partial charge is 0.384 e. The van der Waals surface area contributed by atoms with Crippen LogP contribution in [-0.2, 0) is 6.54 Å². The molecule has 4 heteroatoms. The van der Waals surface area contributed by atoms with Crippen LogP contribution < -0.4 is 5.73 Å². The van der Waals surface area contributed by atoms with Gasteiger partial charge in [-0.15, -0.1) is 0 Å². The minimum Gasteiger partial charge on any atom is -0.384 e. The molecule has 0 saturated heterocycles. The van der Waals surface area contributed by atoms with Crippen molar-refractivity contribution in [3.05, 3.63) is 22.8 Å². The molecular weight excluding hydrogens is 246 g/mol. The van der Waals surface area contributed by atoms with E-state index in [0.29, 0.717) is 11.9 Å². The maximum Gasteiger partial charge on any atom is 0.123 e. The average molecular weight is 268 g/mol. The van der Waals surface area contributed by atoms with Crippen molar-refractivity contribution >= 4 is 17.4 Å². The lowest BCUT2D eigenvalue weighted by Gasteiger charge is -2.33. The quantitative estimate of drug-likeness (QED) is 0.908. The van der Waals surface area contributed by atoms with Crippen molar-refractivity contribution in [1.82, 2.24) is 9.88 Å². The van der Waals surface area contributed by atoms with E-state index in [0.717, 1.165) is 23.8 Å². The predicted molar refractivity (Wildman–Crippen MR) is 76.6 cm³/mol. The third-order valence-corrected chi connectivity index (χ3v) is 4.13. The molecule has 2 N–H and O–H groups in total. The second-order valence-corrected chi connectivity index (χ2v) is 5.43. The SMILES string of the molecule is CCN(Cc1nc(N)ccc1Cl)C1CCCCC1. The van der Waals surface area contributed by atoms with E-state index in [-0.39, 0.29) is 0 Å². The monoisotopic (exact) mass is 267 g/mol. The van der Waals surface area contributed by atoms with Crippen molar-refractivity contribution in [2.45, 2.75) is 51.6 Å². The van der Waals surface area contributed by atoms with Crippen molar-refractivity contribution in [3.8, 4) is 0 Å². The Labute approximate surface area is 114 Å². The number of rotatable bonds is 4. The highest BCUT2D eigenvalue weighted by Gasteiger charge is 2.21. The zero-order valence-corrected chi connectivity index (χ0v) is 11.8. The lowest BCUT2D eigenvalue weighted by atomic mass is 9.94. The fourth-order valence-corrected chi connectivity index (χ4v) is 2.91. The first-order chi connectivity index (χ1) is 8.70. The summed E-state index contributed by atoms with van der Waals surface area (Å²) in [5.74, 6) is 0.550. The average Bonchev–Trinajstić information content (AvgIpc) is 2.41. The topological polar surface area (TPSA) is 42.2 Å². The maximum atomic E-state index is 6.19. The molecule has 1 aliphatic carbocycles. The minimum absolute atomic E-state index is 0.550. The minimum atomic E-state index is 0.550. The van der Waals surface area contributed by atoms with Gasteiger partial charge in [-0.1, -0.05) is 37.8 Å². The molecule has 0 spiro atoms. The normalized spacial score (nSPS) is 17.3. The van der Waals surface area contributed by atoms with Crippen LogP contribution in [0.4, 0.5) is 5.82 Å². The molecule has 0 unspecified atom stereocenters. The first-order valence-corrected chi connectivity index (χ1v) is 7.23. The van der Waals surface area contributed by atoms with E-state index in [1.807, 2.05) is 6.07 Å². The van der Waals surface area contributed by atoms with Crippen LogP contribution in [0, 0.1) is 0 Å². The highest BCUT2D eigenvalue weighted by atomic mass is 35.5. The summed E-state index contributed by atoms with van der Waals surface area (Å²) in [6.07, 6.45) is 6.67. The van der Waals surface area contributed by atoms with Gasteiger partial charge in [0.2, 0.25) is 0 Å². The molecule has 0 amide bonds.